The second-order valence-electron chi connectivity index (χ2n) is 14.2. The Hall–Kier alpha value is -4.60. The number of likely N-dealkylation sites (tertiary alicyclic amines) is 2. The maximum atomic E-state index is 15.9. The van der Waals surface area contributed by atoms with Crippen LogP contribution in [-0.4, -0.2) is 109 Å². The molecule has 11 nitrogen and oxygen atoms in total. The van der Waals surface area contributed by atoms with Crippen molar-refractivity contribution in [1.29, 1.82) is 5.26 Å². The van der Waals surface area contributed by atoms with Crippen molar-refractivity contribution in [3.8, 4) is 23.2 Å². The van der Waals surface area contributed by atoms with E-state index in [1.807, 2.05) is 9.80 Å². The Labute approximate surface area is 324 Å². The predicted octanol–water partition coefficient (Wildman–Crippen LogP) is 7.82. The van der Waals surface area contributed by atoms with Crippen LogP contribution in [0.1, 0.15) is 57.1 Å². The maximum absolute atomic E-state index is 15.9. The van der Waals surface area contributed by atoms with Gasteiger partial charge >= 0.3 is 18.2 Å². The molecule has 0 radical (unpaired) electrons. The van der Waals surface area contributed by atoms with Gasteiger partial charge in [0.2, 0.25) is 0 Å². The highest BCUT2D eigenvalue weighted by Crippen LogP contribution is 2.47. The number of carbonyl (C=O) groups excluding carboxylic acids is 1. The van der Waals surface area contributed by atoms with E-state index in [1.165, 1.54) is 20.0 Å². The molecule has 0 saturated carbocycles. The average Bonchev–Trinajstić information content (AvgIpc) is 3.92. The summed E-state index contributed by atoms with van der Waals surface area (Å²) in [5.41, 5.74) is 2.59. The van der Waals surface area contributed by atoms with Crippen LogP contribution in [0.3, 0.4) is 0 Å². The zero-order valence-electron chi connectivity index (χ0n) is 31.5. The molecule has 0 aliphatic carbocycles. The number of hydrogen-bond donors (Lipinski definition) is 2. The molecule has 3 N–H and O–H groups in total. The number of methoxy groups -OCH3 is 2. The third-order valence-electron chi connectivity index (χ3n) is 10.7. The number of amides is 2. The summed E-state index contributed by atoms with van der Waals surface area (Å²) in [6.07, 6.45) is 0.370. The number of nitrogens with zero attached hydrogens (tertiary/aromatic N) is 6. The minimum Gasteiger partial charge on any atom is -0.467 e. The van der Waals surface area contributed by atoms with Gasteiger partial charge in [-0.2, -0.15) is 28.4 Å². The fourth-order valence-electron chi connectivity index (χ4n) is 7.76. The van der Waals surface area contributed by atoms with Crippen LogP contribution >= 0.6 is 11.3 Å². The molecule has 4 fully saturated rings. The van der Waals surface area contributed by atoms with Gasteiger partial charge in [0.25, 0.3) is 0 Å². The van der Waals surface area contributed by atoms with Crippen molar-refractivity contribution in [1.82, 2.24) is 24.7 Å². The fraction of sp³-hybridized carbons (Fsp3) is 0.526. The van der Waals surface area contributed by atoms with Gasteiger partial charge in [-0.3, -0.25) is 4.90 Å². The Bertz CT molecular complexity index is 2110. The standard InChI is InChI=1S/C21H14F5N5OS.C10H18N2O2.C7H12FN/c1-3-29-19-9-6-11(21(24,25)26)14(15(23)16(9)30-20(31-19)32-2)8-4-5-12(22)17-13(8)10(7-27)18(28)33-17;1-8-4-3-5-12(8)10(13)11-6-9(7-11)14-2;8-6-4-7-2-1-3-9(7)5-6/h4-6H,3,28H2,1-2H3,(H,29,30,31);8-9H,3-7H2,1-2H3;6-7H,1-5H2. The first kappa shape index (κ1) is 41.0. The van der Waals surface area contributed by atoms with Gasteiger partial charge in [-0.25, -0.2) is 18.0 Å². The van der Waals surface area contributed by atoms with Gasteiger partial charge in [-0.05, 0) is 70.2 Å². The largest absolute Gasteiger partial charge is 0.467 e. The fourth-order valence-corrected chi connectivity index (χ4v) is 8.71. The second-order valence-corrected chi connectivity index (χ2v) is 15.3. The highest BCUT2D eigenvalue weighted by Gasteiger charge is 2.39. The second kappa shape index (κ2) is 16.9. The van der Waals surface area contributed by atoms with Gasteiger partial charge in [0.15, 0.2) is 5.82 Å². The predicted molar refractivity (Wildman–Crippen MR) is 202 cm³/mol. The van der Waals surface area contributed by atoms with Gasteiger partial charge < -0.3 is 30.3 Å². The summed E-state index contributed by atoms with van der Waals surface area (Å²) < 4.78 is 95.3. The summed E-state index contributed by atoms with van der Waals surface area (Å²) >= 11 is 0.698. The van der Waals surface area contributed by atoms with Crippen LogP contribution in [0.25, 0.3) is 32.1 Å². The van der Waals surface area contributed by atoms with Gasteiger partial charge in [0.05, 0.1) is 42.1 Å². The van der Waals surface area contributed by atoms with Crippen molar-refractivity contribution < 1.29 is 40.6 Å². The number of aromatic nitrogens is 2. The molecular weight excluding hydrogens is 763 g/mol. The molecule has 4 aromatic rings. The Morgan fingerprint density at radius 2 is 1.86 bits per heavy atom. The van der Waals surface area contributed by atoms with E-state index in [9.17, 15) is 32.0 Å². The zero-order valence-corrected chi connectivity index (χ0v) is 32.3. The van der Waals surface area contributed by atoms with Crippen LogP contribution in [0.2, 0.25) is 0 Å². The van der Waals surface area contributed by atoms with Crippen molar-refractivity contribution in [3.63, 3.8) is 0 Å². The Morgan fingerprint density at radius 1 is 1.12 bits per heavy atom. The minimum absolute atomic E-state index is 0.0444. The number of nitriles is 1. The Kier molecular flexibility index (Phi) is 12.4. The molecule has 0 spiro atoms. The van der Waals surface area contributed by atoms with E-state index >= 15 is 4.39 Å². The van der Waals surface area contributed by atoms with Crippen molar-refractivity contribution in [2.75, 3.05) is 64.5 Å². The lowest BCUT2D eigenvalue weighted by Gasteiger charge is -2.41. The number of nitrogens with two attached hydrogens (primary N) is 1. The number of nitrogens with one attached hydrogen (secondary N) is 1. The lowest BCUT2D eigenvalue weighted by atomic mass is 9.92. The lowest BCUT2D eigenvalue weighted by Crippen LogP contribution is -2.58. The molecule has 4 saturated heterocycles. The maximum Gasteiger partial charge on any atom is 0.417 e. The molecule has 3 unspecified atom stereocenters. The van der Waals surface area contributed by atoms with Gasteiger partial charge in [0.1, 0.15) is 34.4 Å². The average molecular weight is 807 g/mol. The molecule has 3 atom stereocenters. The van der Waals surface area contributed by atoms with Crippen LogP contribution < -0.4 is 15.8 Å². The molecule has 302 valence electrons. The van der Waals surface area contributed by atoms with Crippen LogP contribution in [0.5, 0.6) is 6.01 Å². The SMILES string of the molecule is CCNc1nc(OC)nc2c(F)c(-c3ccc(F)c4sc(N)c(C#N)c34)c(C(F)(F)F)cc12.COC1CN(C(=O)N2CCCC2C)C1.FC1CC2CCCN2C1. The number of benzene rings is 2. The van der Waals surface area contributed by atoms with Crippen molar-refractivity contribution in [3.05, 3.63) is 41.0 Å². The summed E-state index contributed by atoms with van der Waals surface area (Å²) in [5, 5.41) is 11.8. The Balaban J connectivity index is 0.000000186. The van der Waals surface area contributed by atoms with Crippen LogP contribution in [-0.2, 0) is 10.9 Å². The Morgan fingerprint density at radius 3 is 2.46 bits per heavy atom. The molecule has 2 amide bonds. The third kappa shape index (κ3) is 8.12. The normalized spacial score (nSPS) is 20.9. The number of halogens is 6. The summed E-state index contributed by atoms with van der Waals surface area (Å²) in [4.78, 5) is 25.9. The monoisotopic (exact) mass is 806 g/mol. The molecular formula is C38H44F6N8O3S. The highest BCUT2D eigenvalue weighted by atomic mass is 32.1. The number of ether oxygens (including phenoxy) is 2. The number of nitrogen functional groups attached to an aromatic ring is 1. The summed E-state index contributed by atoms with van der Waals surface area (Å²) in [6.45, 7) is 8.41. The van der Waals surface area contributed by atoms with E-state index in [1.54, 1.807) is 20.1 Å². The van der Waals surface area contributed by atoms with Crippen molar-refractivity contribution >= 4 is 49.2 Å². The minimum atomic E-state index is -5.00. The van der Waals surface area contributed by atoms with Crippen molar-refractivity contribution in [2.24, 2.45) is 0 Å². The molecule has 6 heterocycles. The topological polar surface area (TPSA) is 133 Å². The first-order valence-electron chi connectivity index (χ1n) is 18.5. The molecule has 4 aliphatic heterocycles. The molecule has 0 bridgehead atoms. The van der Waals surface area contributed by atoms with Crippen LogP contribution in [0.15, 0.2) is 18.2 Å². The first-order valence-corrected chi connectivity index (χ1v) is 19.3. The quantitative estimate of drug-likeness (QED) is 0.194. The van der Waals surface area contributed by atoms with E-state index < -0.39 is 40.6 Å². The molecule has 18 heteroatoms. The van der Waals surface area contributed by atoms with Crippen molar-refractivity contribution in [2.45, 2.75) is 76.5 Å². The van der Waals surface area contributed by atoms with E-state index in [4.69, 9.17) is 15.2 Å². The van der Waals surface area contributed by atoms with Gasteiger partial charge in [0, 0.05) is 55.2 Å². The molecule has 56 heavy (non-hydrogen) atoms. The number of rotatable bonds is 5. The number of alkyl halides is 4. The van der Waals surface area contributed by atoms with Gasteiger partial charge in [-0.15, -0.1) is 11.3 Å². The van der Waals surface area contributed by atoms with Crippen LogP contribution in [0.4, 0.5) is 42.0 Å². The number of fused-ring (bicyclic) bond motifs is 3. The number of thiophene rings is 1. The molecule has 2 aromatic heterocycles. The van der Waals surface area contributed by atoms with E-state index in [0.717, 1.165) is 63.6 Å². The molecule has 4 aliphatic rings. The molecule has 2 aromatic carbocycles. The lowest BCUT2D eigenvalue weighted by molar-refractivity contribution is -0.137. The van der Waals surface area contributed by atoms with E-state index in [0.29, 0.717) is 30.0 Å². The zero-order chi connectivity index (χ0) is 40.5. The molecule has 8 rings (SSSR count). The van der Waals surface area contributed by atoms with Gasteiger partial charge in [-0.1, -0.05) is 6.07 Å². The van der Waals surface area contributed by atoms with E-state index in [-0.39, 0.29) is 62.1 Å². The third-order valence-corrected chi connectivity index (χ3v) is 11.7. The number of urea groups is 1. The number of anilines is 2. The summed E-state index contributed by atoms with van der Waals surface area (Å²) in [6, 6.07) is 5.37. The first-order chi connectivity index (χ1) is 26.7. The smallest absolute Gasteiger partial charge is 0.417 e. The number of hydrogen-bond acceptors (Lipinski definition) is 10. The number of carbonyl (C=O) groups is 1. The summed E-state index contributed by atoms with van der Waals surface area (Å²) in [5.74, 6) is -2.15. The van der Waals surface area contributed by atoms with E-state index in [2.05, 4.69) is 27.1 Å². The highest BCUT2D eigenvalue weighted by molar-refractivity contribution is 7.23. The summed E-state index contributed by atoms with van der Waals surface area (Å²) in [7, 11) is 2.93. The van der Waals surface area contributed by atoms with Crippen LogP contribution in [0, 0.1) is 23.0 Å².